The van der Waals surface area contributed by atoms with Crippen molar-refractivity contribution >= 4 is 57.6 Å². The Kier molecular flexibility index (Phi) is 9.25. The summed E-state index contributed by atoms with van der Waals surface area (Å²) in [6.07, 6.45) is -0.623. The van der Waals surface area contributed by atoms with Crippen molar-refractivity contribution < 1.29 is 37.0 Å². The predicted octanol–water partition coefficient (Wildman–Crippen LogP) is 7.26. The molecule has 1 aromatic heterocycles. The summed E-state index contributed by atoms with van der Waals surface area (Å²) in [7, 11) is 0. The van der Waals surface area contributed by atoms with Crippen molar-refractivity contribution in [1.82, 2.24) is 20.0 Å². The highest BCUT2D eigenvalue weighted by atomic mass is 35.5. The van der Waals surface area contributed by atoms with Gasteiger partial charge in [0.1, 0.15) is 5.60 Å². The molecule has 14 heteroatoms. The Morgan fingerprint density at radius 3 is 2.58 bits per heavy atom. The monoisotopic (exact) mass is 664 g/mol. The molecule has 45 heavy (non-hydrogen) atoms. The van der Waals surface area contributed by atoms with Gasteiger partial charge in [-0.1, -0.05) is 23.7 Å². The fraction of sp³-hybridized carbons (Fsp3) is 0.419. The zero-order valence-electron chi connectivity index (χ0n) is 24.9. The third kappa shape index (κ3) is 7.82. The van der Waals surface area contributed by atoms with Crippen LogP contribution >= 0.6 is 23.4 Å². The number of alkyl halides is 3. The molecule has 2 fully saturated rings. The quantitative estimate of drug-likeness (QED) is 0.265. The van der Waals surface area contributed by atoms with Gasteiger partial charge in [-0.3, -0.25) is 19.2 Å². The first-order valence-electron chi connectivity index (χ1n) is 14.3. The molecule has 9 nitrogen and oxygen atoms in total. The van der Waals surface area contributed by atoms with Gasteiger partial charge < -0.3 is 14.8 Å². The van der Waals surface area contributed by atoms with Crippen molar-refractivity contribution in [1.29, 1.82) is 0 Å². The number of ether oxygens (including phenoxy) is 2. The zero-order valence-corrected chi connectivity index (χ0v) is 26.4. The number of halogens is 4. The Morgan fingerprint density at radius 2 is 1.89 bits per heavy atom. The molecule has 0 aliphatic carbocycles. The van der Waals surface area contributed by atoms with Crippen molar-refractivity contribution in [3.63, 3.8) is 0 Å². The molecule has 0 bridgehead atoms. The fourth-order valence-electron chi connectivity index (χ4n) is 5.32. The van der Waals surface area contributed by atoms with Crippen molar-refractivity contribution in [3.05, 3.63) is 69.2 Å². The Bertz CT molecular complexity index is 1660. The van der Waals surface area contributed by atoms with Gasteiger partial charge in [-0.25, -0.2) is 4.79 Å². The van der Waals surface area contributed by atoms with Gasteiger partial charge in [0, 0.05) is 35.7 Å². The molecule has 3 amide bonds. The topological polar surface area (TPSA) is 103 Å². The number of alkyl carbamates (subject to hydrolysis) is 1. The summed E-state index contributed by atoms with van der Waals surface area (Å²) in [5, 5.41) is 7.47. The number of aromatic nitrogens is 2. The number of nitrogens with zero attached hydrogens (tertiary/aromatic N) is 3. The van der Waals surface area contributed by atoms with Gasteiger partial charge in [-0.15, -0.1) is 0 Å². The van der Waals surface area contributed by atoms with Crippen molar-refractivity contribution in [2.45, 2.75) is 63.9 Å². The third-order valence-corrected chi connectivity index (χ3v) is 8.71. The van der Waals surface area contributed by atoms with E-state index in [1.165, 1.54) is 27.9 Å². The lowest BCUT2D eigenvalue weighted by Gasteiger charge is -2.39. The lowest BCUT2D eigenvalue weighted by molar-refractivity contribution is -0.138. The lowest BCUT2D eigenvalue weighted by Crippen LogP contribution is -2.54. The van der Waals surface area contributed by atoms with E-state index in [4.69, 9.17) is 21.1 Å². The van der Waals surface area contributed by atoms with Gasteiger partial charge in [-0.05, 0) is 93.3 Å². The first-order chi connectivity index (χ1) is 21.1. The molecule has 240 valence electrons. The Labute approximate surface area is 267 Å². The van der Waals surface area contributed by atoms with Crippen LogP contribution in [0.25, 0.3) is 17.0 Å². The summed E-state index contributed by atoms with van der Waals surface area (Å²) in [5.41, 5.74) is -0.933. The number of hydrogen-bond donors (Lipinski definition) is 1. The minimum atomic E-state index is -4.57. The van der Waals surface area contributed by atoms with Crippen LogP contribution in [0, 0.1) is 0 Å². The molecule has 2 aliphatic rings. The van der Waals surface area contributed by atoms with E-state index in [2.05, 4.69) is 10.4 Å². The molecule has 2 saturated heterocycles. The highest BCUT2D eigenvalue weighted by molar-refractivity contribution is 8.18. The number of fused-ring (bicyclic) bond motifs is 1. The normalized spacial score (nSPS) is 18.2. The van der Waals surface area contributed by atoms with Gasteiger partial charge in [0.2, 0.25) is 0 Å². The number of benzene rings is 2. The second-order valence-electron chi connectivity index (χ2n) is 12.0. The number of carbonyl (C=O) groups excluding carboxylic acids is 3. The largest absolute Gasteiger partial charge is 0.444 e. The molecule has 3 aromatic rings. The van der Waals surface area contributed by atoms with E-state index in [1.54, 1.807) is 45.0 Å². The maximum atomic E-state index is 13.6. The van der Waals surface area contributed by atoms with Gasteiger partial charge in [-0.2, -0.15) is 18.3 Å². The van der Waals surface area contributed by atoms with E-state index in [0.717, 1.165) is 17.8 Å². The van der Waals surface area contributed by atoms with Gasteiger partial charge in [0.15, 0.2) is 0 Å². The van der Waals surface area contributed by atoms with Crippen LogP contribution in [0.5, 0.6) is 0 Å². The van der Waals surface area contributed by atoms with Gasteiger partial charge in [0.05, 0.1) is 28.7 Å². The molecule has 0 spiro atoms. The molecule has 3 heterocycles. The van der Waals surface area contributed by atoms with E-state index >= 15 is 0 Å². The Balaban J connectivity index is 1.29. The average molecular weight is 665 g/mol. The Hall–Kier alpha value is -3.55. The number of hydrogen-bond acceptors (Lipinski definition) is 7. The molecule has 0 unspecified atom stereocenters. The number of thioether (sulfide) groups is 1. The minimum Gasteiger partial charge on any atom is -0.444 e. The van der Waals surface area contributed by atoms with Crippen LogP contribution in [-0.2, 0) is 27.0 Å². The first-order valence-corrected chi connectivity index (χ1v) is 15.5. The van der Waals surface area contributed by atoms with Crippen LogP contribution in [-0.4, -0.2) is 62.8 Å². The number of nitrogens with one attached hydrogen (secondary N) is 1. The molecule has 5 rings (SSSR count). The average Bonchev–Trinajstić information content (AvgIpc) is 3.46. The maximum Gasteiger partial charge on any atom is 0.416 e. The smallest absolute Gasteiger partial charge is 0.416 e. The third-order valence-electron chi connectivity index (χ3n) is 7.56. The standard InChI is InChI=1S/C31H32ClF3N4O5S/c1-29(2,3)44-27(41)37-30(9-12-43-13-10-30)8-11-38-26(40)25(45-28(38)42)15-19-4-7-24-21(14-19)17-36-39(24)18-20-5-6-22(32)16-23(20)31(33,34)35/h4-7,14-17H,8-13,18H2,1-3H3,(H,37,41)/b25-15-. The highest BCUT2D eigenvalue weighted by Crippen LogP contribution is 2.36. The first kappa shape index (κ1) is 32.8. The Morgan fingerprint density at radius 1 is 1.16 bits per heavy atom. The van der Waals surface area contributed by atoms with Crippen molar-refractivity contribution in [2.24, 2.45) is 0 Å². The summed E-state index contributed by atoms with van der Waals surface area (Å²) in [5.74, 6) is -0.442. The minimum absolute atomic E-state index is 0.00832. The molecule has 2 aliphatic heterocycles. The summed E-state index contributed by atoms with van der Waals surface area (Å²) in [4.78, 5) is 40.1. The van der Waals surface area contributed by atoms with E-state index < -0.39 is 40.1 Å². The summed E-state index contributed by atoms with van der Waals surface area (Å²) in [6.45, 7) is 6.16. The van der Waals surface area contributed by atoms with E-state index in [9.17, 15) is 27.6 Å². The maximum absolute atomic E-state index is 13.6. The van der Waals surface area contributed by atoms with Crippen molar-refractivity contribution in [3.8, 4) is 0 Å². The molecular formula is C31H32ClF3N4O5S. The lowest BCUT2D eigenvalue weighted by atomic mass is 9.86. The fourth-order valence-corrected chi connectivity index (χ4v) is 6.36. The highest BCUT2D eigenvalue weighted by Gasteiger charge is 2.40. The number of rotatable bonds is 7. The molecule has 0 atom stereocenters. The number of carbonyl (C=O) groups is 3. The van der Waals surface area contributed by atoms with E-state index in [1.807, 2.05) is 0 Å². The summed E-state index contributed by atoms with van der Waals surface area (Å²) < 4.78 is 53.2. The molecule has 0 saturated carbocycles. The van der Waals surface area contributed by atoms with E-state index in [-0.39, 0.29) is 28.6 Å². The van der Waals surface area contributed by atoms with Crippen LogP contribution in [0.1, 0.15) is 56.7 Å². The zero-order chi connectivity index (χ0) is 32.6. The second-order valence-corrected chi connectivity index (χ2v) is 13.5. The van der Waals surface area contributed by atoms with Gasteiger partial charge >= 0.3 is 12.3 Å². The summed E-state index contributed by atoms with van der Waals surface area (Å²) in [6, 6.07) is 8.81. The predicted molar refractivity (Wildman–Crippen MR) is 165 cm³/mol. The molecule has 2 aromatic carbocycles. The van der Waals surface area contributed by atoms with Gasteiger partial charge in [0.25, 0.3) is 11.1 Å². The second kappa shape index (κ2) is 12.7. The molecule has 1 N–H and O–H groups in total. The number of imide groups is 1. The SMILES string of the molecule is CC(C)(C)OC(=O)NC1(CCN2C(=O)S/C(=C\c3ccc4c(cnn4Cc4ccc(Cl)cc4C(F)(F)F)c3)C2=O)CCOCC1. The summed E-state index contributed by atoms with van der Waals surface area (Å²) >= 11 is 6.63. The van der Waals surface area contributed by atoms with Crippen LogP contribution in [0.15, 0.2) is 47.5 Å². The molecular weight excluding hydrogens is 633 g/mol. The van der Waals surface area contributed by atoms with Crippen LogP contribution in [0.3, 0.4) is 0 Å². The van der Waals surface area contributed by atoms with Crippen LogP contribution in [0.4, 0.5) is 22.8 Å². The van der Waals surface area contributed by atoms with E-state index in [0.29, 0.717) is 48.9 Å². The van der Waals surface area contributed by atoms with Crippen LogP contribution < -0.4 is 5.32 Å². The van der Waals surface area contributed by atoms with Crippen molar-refractivity contribution in [2.75, 3.05) is 19.8 Å². The number of amides is 3. The van der Waals surface area contributed by atoms with Crippen LogP contribution in [0.2, 0.25) is 5.02 Å². The molecule has 0 radical (unpaired) electrons.